The Kier molecular flexibility index (Phi) is 3.46. The van der Waals surface area contributed by atoms with Crippen LogP contribution in [0.4, 0.5) is 0 Å². The molecule has 1 aliphatic heterocycles. The van der Waals surface area contributed by atoms with E-state index in [2.05, 4.69) is 11.6 Å². The van der Waals surface area contributed by atoms with Crippen molar-refractivity contribution in [2.45, 2.75) is 24.9 Å². The molecule has 3 N–H and O–H groups in total. The number of nitrogens with zero attached hydrogens (tertiary/aromatic N) is 1. The Balaban J connectivity index is 2.38. The molecule has 1 aliphatic rings. The largest absolute Gasteiger partial charge is 0.394 e. The summed E-state index contributed by atoms with van der Waals surface area (Å²) in [4.78, 5) is 25.1. The molecule has 2 heterocycles. The zero-order valence-corrected chi connectivity index (χ0v) is 9.57. The first-order valence-corrected chi connectivity index (χ1v) is 5.49. The lowest BCUT2D eigenvalue weighted by molar-refractivity contribution is -0.0459. The van der Waals surface area contributed by atoms with E-state index in [0.717, 1.165) is 0 Å². The number of H-pyrrole nitrogens is 1. The fourth-order valence-electron chi connectivity index (χ4n) is 1.91. The number of aromatic nitrogens is 2. The molecule has 0 saturated carbocycles. The first-order valence-electron chi connectivity index (χ1n) is 5.49. The zero-order valence-electron chi connectivity index (χ0n) is 9.57. The van der Waals surface area contributed by atoms with Crippen molar-refractivity contribution in [3.8, 4) is 0 Å². The van der Waals surface area contributed by atoms with Gasteiger partial charge in [-0.05, 0) is 0 Å². The monoisotopic (exact) mass is 254 g/mol. The molecule has 1 saturated heterocycles. The van der Waals surface area contributed by atoms with Crippen LogP contribution in [0.5, 0.6) is 0 Å². The number of aliphatic hydroxyl groups excluding tert-OH is 2. The van der Waals surface area contributed by atoms with E-state index in [4.69, 9.17) is 9.84 Å². The van der Waals surface area contributed by atoms with Crippen molar-refractivity contribution in [1.29, 1.82) is 0 Å². The van der Waals surface area contributed by atoms with Gasteiger partial charge in [0.25, 0.3) is 5.56 Å². The molecule has 1 aromatic rings. The molecule has 7 heteroatoms. The van der Waals surface area contributed by atoms with E-state index in [1.807, 2.05) is 0 Å². The number of aliphatic hydroxyl groups is 2. The third-order valence-corrected chi connectivity index (χ3v) is 2.91. The Morgan fingerprint density at radius 3 is 2.89 bits per heavy atom. The maximum absolute atomic E-state index is 11.6. The van der Waals surface area contributed by atoms with E-state index in [1.165, 1.54) is 16.8 Å². The van der Waals surface area contributed by atoms with Crippen molar-refractivity contribution < 1.29 is 14.9 Å². The van der Waals surface area contributed by atoms with Crippen molar-refractivity contribution >= 4 is 6.08 Å². The predicted octanol–water partition coefficient (Wildman–Crippen LogP) is -1.18. The zero-order chi connectivity index (χ0) is 13.3. The number of nitrogens with one attached hydrogen (secondary N) is 1. The topological polar surface area (TPSA) is 105 Å². The lowest BCUT2D eigenvalue weighted by Crippen LogP contribution is -2.33. The molecule has 1 fully saturated rings. The molecule has 18 heavy (non-hydrogen) atoms. The normalized spacial score (nSPS) is 27.3. The van der Waals surface area contributed by atoms with Crippen molar-refractivity contribution in [3.05, 3.63) is 39.2 Å². The van der Waals surface area contributed by atoms with Gasteiger partial charge in [0, 0.05) is 12.6 Å². The van der Waals surface area contributed by atoms with Crippen molar-refractivity contribution in [3.63, 3.8) is 0 Å². The molecule has 0 radical (unpaired) electrons. The van der Waals surface area contributed by atoms with E-state index in [0.29, 0.717) is 0 Å². The van der Waals surface area contributed by atoms with Crippen molar-refractivity contribution in [1.82, 2.24) is 9.55 Å². The van der Waals surface area contributed by atoms with E-state index < -0.39 is 29.7 Å². The van der Waals surface area contributed by atoms with Crippen LogP contribution >= 0.6 is 0 Å². The summed E-state index contributed by atoms with van der Waals surface area (Å²) in [6, 6.07) is 0. The highest BCUT2D eigenvalue weighted by atomic mass is 16.5. The standard InChI is InChI=1S/C11H14N2O5/c1-2-6-4-13(11(17)12-10(6)16)9-3-7(15)8(5-14)18-9/h2,4,7-9,14-15H,1,3,5H2,(H,12,16,17)/t7-,8?,9-/m0/s1. The first-order chi connectivity index (χ1) is 8.56. The lowest BCUT2D eigenvalue weighted by atomic mass is 10.2. The Hall–Kier alpha value is -1.70. The third kappa shape index (κ3) is 2.15. The Bertz CT molecular complexity index is 561. The van der Waals surface area contributed by atoms with Crippen LogP contribution in [0.3, 0.4) is 0 Å². The summed E-state index contributed by atoms with van der Waals surface area (Å²) in [7, 11) is 0. The number of hydrogen-bond donors (Lipinski definition) is 3. The van der Waals surface area contributed by atoms with Crippen molar-refractivity contribution in [2.75, 3.05) is 6.61 Å². The molecular formula is C11H14N2O5. The average molecular weight is 254 g/mol. The minimum Gasteiger partial charge on any atom is -0.394 e. The van der Waals surface area contributed by atoms with Gasteiger partial charge in [-0.3, -0.25) is 14.3 Å². The van der Waals surface area contributed by atoms with Gasteiger partial charge in [0.2, 0.25) is 0 Å². The minimum atomic E-state index is -0.842. The minimum absolute atomic E-state index is 0.174. The molecule has 0 aliphatic carbocycles. The summed E-state index contributed by atoms with van der Waals surface area (Å²) in [5, 5.41) is 18.6. The number of ether oxygens (including phenoxy) is 1. The third-order valence-electron chi connectivity index (χ3n) is 2.91. The molecule has 0 spiro atoms. The van der Waals surface area contributed by atoms with Crippen LogP contribution in [-0.2, 0) is 4.74 Å². The summed E-state index contributed by atoms with van der Waals surface area (Å²) in [5.41, 5.74) is -0.912. The molecule has 1 unspecified atom stereocenters. The van der Waals surface area contributed by atoms with Gasteiger partial charge in [-0.2, -0.15) is 0 Å². The molecule has 0 amide bonds. The van der Waals surface area contributed by atoms with Crippen LogP contribution in [0.1, 0.15) is 18.2 Å². The summed E-state index contributed by atoms with van der Waals surface area (Å²) in [6.07, 6.45) is 0.551. The second-order valence-electron chi connectivity index (χ2n) is 4.07. The molecule has 2 rings (SSSR count). The fourth-order valence-corrected chi connectivity index (χ4v) is 1.91. The Labute approximate surface area is 102 Å². The van der Waals surface area contributed by atoms with Gasteiger partial charge in [-0.25, -0.2) is 4.79 Å². The van der Waals surface area contributed by atoms with Crippen LogP contribution in [0.25, 0.3) is 6.08 Å². The van der Waals surface area contributed by atoms with Gasteiger partial charge in [0.05, 0.1) is 18.3 Å². The Morgan fingerprint density at radius 1 is 1.61 bits per heavy atom. The first kappa shape index (κ1) is 12.7. The quantitative estimate of drug-likeness (QED) is 0.630. The maximum atomic E-state index is 11.6. The molecular weight excluding hydrogens is 240 g/mol. The second kappa shape index (κ2) is 4.89. The van der Waals surface area contributed by atoms with Gasteiger partial charge < -0.3 is 14.9 Å². The van der Waals surface area contributed by atoms with Gasteiger partial charge in [0.1, 0.15) is 12.3 Å². The van der Waals surface area contributed by atoms with Gasteiger partial charge in [-0.15, -0.1) is 0 Å². The highest BCUT2D eigenvalue weighted by molar-refractivity contribution is 5.43. The van der Waals surface area contributed by atoms with E-state index >= 15 is 0 Å². The van der Waals surface area contributed by atoms with Gasteiger partial charge in [0.15, 0.2) is 0 Å². The molecule has 3 atom stereocenters. The smallest absolute Gasteiger partial charge is 0.330 e. The SMILES string of the molecule is C=Cc1cn([C@@H]2C[C@H](O)C(CO)O2)c(=O)[nH]c1=O. The number of rotatable bonds is 3. The highest BCUT2D eigenvalue weighted by Gasteiger charge is 2.34. The summed E-state index contributed by atoms with van der Waals surface area (Å²) in [6.45, 7) is 3.14. The average Bonchev–Trinajstić information content (AvgIpc) is 2.70. The molecule has 0 aromatic carbocycles. The van der Waals surface area contributed by atoms with Crippen LogP contribution in [0.2, 0.25) is 0 Å². The van der Waals surface area contributed by atoms with E-state index in [-0.39, 0.29) is 18.6 Å². The van der Waals surface area contributed by atoms with Crippen molar-refractivity contribution in [2.24, 2.45) is 0 Å². The molecule has 98 valence electrons. The van der Waals surface area contributed by atoms with E-state index in [9.17, 15) is 14.7 Å². The number of aromatic amines is 1. The summed E-state index contributed by atoms with van der Waals surface area (Å²) >= 11 is 0. The predicted molar refractivity (Wildman–Crippen MR) is 63.0 cm³/mol. The van der Waals surface area contributed by atoms with Gasteiger partial charge >= 0.3 is 5.69 Å². The summed E-state index contributed by atoms with van der Waals surface area (Å²) in [5.74, 6) is 0. The van der Waals surface area contributed by atoms with Crippen LogP contribution in [-0.4, -0.2) is 38.6 Å². The molecule has 7 nitrogen and oxygen atoms in total. The van der Waals surface area contributed by atoms with Crippen LogP contribution in [0.15, 0.2) is 22.4 Å². The molecule has 1 aromatic heterocycles. The van der Waals surface area contributed by atoms with Gasteiger partial charge in [-0.1, -0.05) is 12.7 Å². The summed E-state index contributed by atoms with van der Waals surface area (Å²) < 4.78 is 6.51. The van der Waals surface area contributed by atoms with Crippen LogP contribution in [0, 0.1) is 0 Å². The Morgan fingerprint density at radius 2 is 2.33 bits per heavy atom. The molecule has 0 bridgehead atoms. The lowest BCUT2D eigenvalue weighted by Gasteiger charge is -2.14. The number of hydrogen-bond acceptors (Lipinski definition) is 5. The van der Waals surface area contributed by atoms with E-state index in [1.54, 1.807) is 0 Å². The maximum Gasteiger partial charge on any atom is 0.330 e. The second-order valence-corrected chi connectivity index (χ2v) is 4.07. The van der Waals surface area contributed by atoms with Crippen LogP contribution < -0.4 is 11.2 Å². The highest BCUT2D eigenvalue weighted by Crippen LogP contribution is 2.27. The fraction of sp³-hybridized carbons (Fsp3) is 0.455.